The highest BCUT2D eigenvalue weighted by Crippen LogP contribution is 2.26. The zero-order chi connectivity index (χ0) is 13.0. The maximum Gasteiger partial charge on any atom is 0.170 e. The monoisotopic (exact) mass is 314 g/mol. The summed E-state index contributed by atoms with van der Waals surface area (Å²) in [5, 5.41) is 3.29. The summed E-state index contributed by atoms with van der Waals surface area (Å²) in [6, 6.07) is 0. The van der Waals surface area contributed by atoms with Gasteiger partial charge in [-0.3, -0.25) is 0 Å². The van der Waals surface area contributed by atoms with Gasteiger partial charge in [-0.05, 0) is 47.5 Å². The standard InChI is InChI=1S/C12H19BrN4O/c1-18-9-4-2-8(3-5-9)6-16-12-11(14)15-7-10(13)17-12/h7-9H,2-6H2,1H3,(H2,14,15)(H,16,17). The molecule has 1 aliphatic rings. The van der Waals surface area contributed by atoms with Crippen molar-refractivity contribution >= 4 is 27.6 Å². The Morgan fingerprint density at radius 3 is 2.83 bits per heavy atom. The van der Waals surface area contributed by atoms with Crippen molar-refractivity contribution < 1.29 is 4.74 Å². The first-order chi connectivity index (χ1) is 8.69. The number of aromatic nitrogens is 2. The molecule has 100 valence electrons. The maximum atomic E-state index is 5.77. The number of nitrogens with zero attached hydrogens (tertiary/aromatic N) is 2. The van der Waals surface area contributed by atoms with E-state index >= 15 is 0 Å². The van der Waals surface area contributed by atoms with Crippen molar-refractivity contribution in [3.8, 4) is 0 Å². The number of methoxy groups -OCH3 is 1. The largest absolute Gasteiger partial charge is 0.381 e. The molecule has 1 fully saturated rings. The molecule has 0 aromatic carbocycles. The van der Waals surface area contributed by atoms with Crippen LogP contribution in [0.2, 0.25) is 0 Å². The van der Waals surface area contributed by atoms with Crippen molar-refractivity contribution in [3.63, 3.8) is 0 Å². The molecule has 0 unspecified atom stereocenters. The summed E-state index contributed by atoms with van der Waals surface area (Å²) in [6.07, 6.45) is 6.70. The topological polar surface area (TPSA) is 73.1 Å². The highest BCUT2D eigenvalue weighted by atomic mass is 79.9. The maximum absolute atomic E-state index is 5.77. The van der Waals surface area contributed by atoms with E-state index in [1.807, 2.05) is 0 Å². The molecule has 6 heteroatoms. The van der Waals surface area contributed by atoms with Crippen LogP contribution in [-0.2, 0) is 4.74 Å². The third-order valence-electron chi connectivity index (χ3n) is 3.46. The molecule has 1 saturated carbocycles. The van der Waals surface area contributed by atoms with Crippen LogP contribution in [0, 0.1) is 5.92 Å². The van der Waals surface area contributed by atoms with Gasteiger partial charge in [0.25, 0.3) is 0 Å². The first-order valence-electron chi connectivity index (χ1n) is 6.23. The highest BCUT2D eigenvalue weighted by Gasteiger charge is 2.20. The van der Waals surface area contributed by atoms with Gasteiger partial charge in [-0.15, -0.1) is 0 Å². The van der Waals surface area contributed by atoms with E-state index in [4.69, 9.17) is 10.5 Å². The Hall–Kier alpha value is -0.880. The first kappa shape index (κ1) is 13.5. The van der Waals surface area contributed by atoms with Crippen molar-refractivity contribution in [3.05, 3.63) is 10.8 Å². The molecule has 1 aromatic rings. The van der Waals surface area contributed by atoms with Crippen molar-refractivity contribution in [2.75, 3.05) is 24.7 Å². The molecular weight excluding hydrogens is 296 g/mol. The third-order valence-corrected chi connectivity index (χ3v) is 3.84. The number of nitrogens with one attached hydrogen (secondary N) is 1. The number of hydrogen-bond donors (Lipinski definition) is 2. The Bertz CT molecular complexity index is 394. The van der Waals surface area contributed by atoms with E-state index in [1.54, 1.807) is 13.3 Å². The van der Waals surface area contributed by atoms with Crippen LogP contribution in [-0.4, -0.2) is 29.7 Å². The molecule has 18 heavy (non-hydrogen) atoms. The molecule has 1 aliphatic carbocycles. The van der Waals surface area contributed by atoms with E-state index in [2.05, 4.69) is 31.2 Å². The molecule has 0 radical (unpaired) electrons. The molecule has 0 bridgehead atoms. The molecule has 1 heterocycles. The van der Waals surface area contributed by atoms with Gasteiger partial charge in [0, 0.05) is 13.7 Å². The summed E-state index contributed by atoms with van der Waals surface area (Å²) < 4.78 is 6.06. The van der Waals surface area contributed by atoms with E-state index in [1.165, 1.54) is 12.8 Å². The van der Waals surface area contributed by atoms with Crippen molar-refractivity contribution in [2.24, 2.45) is 5.92 Å². The van der Waals surface area contributed by atoms with Gasteiger partial charge in [0.05, 0.1) is 12.3 Å². The van der Waals surface area contributed by atoms with E-state index in [-0.39, 0.29) is 0 Å². The Morgan fingerprint density at radius 1 is 1.44 bits per heavy atom. The quantitative estimate of drug-likeness (QED) is 0.893. The van der Waals surface area contributed by atoms with Crippen LogP contribution in [0.3, 0.4) is 0 Å². The minimum Gasteiger partial charge on any atom is -0.381 e. The van der Waals surface area contributed by atoms with Gasteiger partial charge in [-0.2, -0.15) is 0 Å². The summed E-state index contributed by atoms with van der Waals surface area (Å²) in [4.78, 5) is 8.34. The number of ether oxygens (including phenoxy) is 1. The fraction of sp³-hybridized carbons (Fsp3) is 0.667. The first-order valence-corrected chi connectivity index (χ1v) is 7.03. The number of anilines is 2. The number of hydrogen-bond acceptors (Lipinski definition) is 5. The molecule has 5 nitrogen and oxygen atoms in total. The third kappa shape index (κ3) is 3.55. The predicted molar refractivity (Wildman–Crippen MR) is 75.4 cm³/mol. The molecule has 2 rings (SSSR count). The van der Waals surface area contributed by atoms with Gasteiger partial charge >= 0.3 is 0 Å². The van der Waals surface area contributed by atoms with Gasteiger partial charge < -0.3 is 15.8 Å². The lowest BCUT2D eigenvalue weighted by molar-refractivity contribution is 0.0585. The fourth-order valence-corrected chi connectivity index (χ4v) is 2.60. The molecule has 0 amide bonds. The normalized spacial score (nSPS) is 23.9. The van der Waals surface area contributed by atoms with Gasteiger partial charge in [0.2, 0.25) is 0 Å². The minimum absolute atomic E-state index is 0.442. The van der Waals surface area contributed by atoms with Crippen LogP contribution in [0.15, 0.2) is 10.8 Å². The zero-order valence-electron chi connectivity index (χ0n) is 10.5. The molecule has 1 aromatic heterocycles. The predicted octanol–water partition coefficient (Wildman–Crippen LogP) is 2.44. The van der Waals surface area contributed by atoms with Gasteiger partial charge in [-0.1, -0.05) is 0 Å². The van der Waals surface area contributed by atoms with Crippen molar-refractivity contribution in [1.29, 1.82) is 0 Å². The average molecular weight is 315 g/mol. The number of nitrogens with two attached hydrogens (primary N) is 1. The van der Waals surface area contributed by atoms with Crippen LogP contribution < -0.4 is 11.1 Å². The number of halogens is 1. The summed E-state index contributed by atoms with van der Waals surface area (Å²) in [5.41, 5.74) is 5.77. The van der Waals surface area contributed by atoms with Crippen LogP contribution in [0.1, 0.15) is 25.7 Å². The Kier molecular flexibility index (Phi) is 4.77. The lowest BCUT2D eigenvalue weighted by Crippen LogP contribution is -2.25. The zero-order valence-corrected chi connectivity index (χ0v) is 12.1. The molecule has 0 spiro atoms. The minimum atomic E-state index is 0.442. The summed E-state index contributed by atoms with van der Waals surface area (Å²) in [6.45, 7) is 0.895. The second kappa shape index (κ2) is 6.33. The molecule has 0 saturated heterocycles. The Labute approximate surface area is 116 Å². The van der Waals surface area contributed by atoms with Gasteiger partial charge in [0.15, 0.2) is 11.6 Å². The van der Waals surface area contributed by atoms with E-state index in [0.717, 1.165) is 19.4 Å². The second-order valence-corrected chi connectivity index (χ2v) is 5.50. The van der Waals surface area contributed by atoms with Gasteiger partial charge in [0.1, 0.15) is 4.60 Å². The van der Waals surface area contributed by atoms with Crippen LogP contribution in [0.5, 0.6) is 0 Å². The Balaban J connectivity index is 1.83. The number of rotatable bonds is 4. The van der Waals surface area contributed by atoms with Crippen LogP contribution in [0.4, 0.5) is 11.6 Å². The van der Waals surface area contributed by atoms with Crippen LogP contribution >= 0.6 is 15.9 Å². The molecular formula is C12H19BrN4O. The van der Waals surface area contributed by atoms with E-state index < -0.39 is 0 Å². The van der Waals surface area contributed by atoms with Crippen LogP contribution in [0.25, 0.3) is 0 Å². The molecule has 0 aliphatic heterocycles. The van der Waals surface area contributed by atoms with E-state index in [9.17, 15) is 0 Å². The van der Waals surface area contributed by atoms with Crippen molar-refractivity contribution in [2.45, 2.75) is 31.8 Å². The number of nitrogen functional groups attached to an aromatic ring is 1. The lowest BCUT2D eigenvalue weighted by atomic mass is 9.87. The Morgan fingerprint density at radius 2 is 2.17 bits per heavy atom. The fourth-order valence-electron chi connectivity index (χ4n) is 2.32. The highest BCUT2D eigenvalue weighted by molar-refractivity contribution is 9.10. The molecule has 3 N–H and O–H groups in total. The summed E-state index contributed by atoms with van der Waals surface area (Å²) >= 11 is 3.29. The summed E-state index contributed by atoms with van der Waals surface area (Å²) in [7, 11) is 1.79. The van der Waals surface area contributed by atoms with E-state index in [0.29, 0.717) is 28.3 Å². The SMILES string of the molecule is COC1CCC(CNc2nc(Br)cnc2N)CC1. The van der Waals surface area contributed by atoms with Crippen molar-refractivity contribution in [1.82, 2.24) is 9.97 Å². The van der Waals surface area contributed by atoms with Gasteiger partial charge in [-0.25, -0.2) is 9.97 Å². The average Bonchev–Trinajstić information content (AvgIpc) is 2.40. The lowest BCUT2D eigenvalue weighted by Gasteiger charge is -2.27. The molecule has 0 atom stereocenters. The smallest absolute Gasteiger partial charge is 0.170 e. The second-order valence-electron chi connectivity index (χ2n) is 4.69. The summed E-state index contributed by atoms with van der Waals surface area (Å²) in [5.74, 6) is 1.78.